The van der Waals surface area contributed by atoms with E-state index in [9.17, 15) is 25.0 Å². The second-order valence-electron chi connectivity index (χ2n) is 6.71. The summed E-state index contributed by atoms with van der Waals surface area (Å²) in [5, 5.41) is 26.6. The Bertz CT molecular complexity index is 1280. The number of ether oxygens (including phenoxy) is 3. The summed E-state index contributed by atoms with van der Waals surface area (Å²) in [5.74, 6) is 0.116. The number of hydrogen-bond acceptors (Lipinski definition) is 9. The van der Waals surface area contributed by atoms with Crippen molar-refractivity contribution in [3.63, 3.8) is 0 Å². The number of nitro groups is 2. The summed E-state index contributed by atoms with van der Waals surface area (Å²) in [6.07, 6.45) is 1.35. The third kappa shape index (κ3) is 6.88. The lowest BCUT2D eigenvalue weighted by molar-refractivity contribution is -0.394. The van der Waals surface area contributed by atoms with E-state index in [4.69, 9.17) is 25.8 Å². The highest BCUT2D eigenvalue weighted by Gasteiger charge is 2.22. The van der Waals surface area contributed by atoms with Gasteiger partial charge in [-0.3, -0.25) is 25.0 Å². The number of hydrazone groups is 1. The zero-order chi connectivity index (χ0) is 25.4. The van der Waals surface area contributed by atoms with Crippen molar-refractivity contribution in [2.45, 2.75) is 0 Å². The molecule has 3 rings (SSSR count). The number of non-ortho nitro benzene ring substituents is 1. The molecule has 3 aromatic carbocycles. The van der Waals surface area contributed by atoms with Crippen molar-refractivity contribution >= 4 is 35.1 Å². The van der Waals surface area contributed by atoms with Gasteiger partial charge in [0.05, 0.1) is 29.2 Å². The highest BCUT2D eigenvalue weighted by molar-refractivity contribution is 6.30. The molecule has 0 aliphatic heterocycles. The van der Waals surface area contributed by atoms with Crippen LogP contribution in [0, 0.1) is 20.2 Å². The largest absolute Gasteiger partial charge is 0.493 e. The number of carbonyl (C=O) groups is 1. The molecule has 0 bridgehead atoms. The molecule has 0 saturated heterocycles. The molecule has 0 unspecified atom stereocenters. The van der Waals surface area contributed by atoms with Gasteiger partial charge in [0.25, 0.3) is 11.6 Å². The summed E-state index contributed by atoms with van der Waals surface area (Å²) in [6, 6.07) is 14.1. The van der Waals surface area contributed by atoms with Gasteiger partial charge in [0.1, 0.15) is 5.75 Å². The summed E-state index contributed by atoms with van der Waals surface area (Å²) in [4.78, 5) is 32.6. The van der Waals surface area contributed by atoms with Gasteiger partial charge in [-0.1, -0.05) is 11.6 Å². The maximum atomic E-state index is 11.9. The van der Waals surface area contributed by atoms with Gasteiger partial charge in [-0.05, 0) is 54.1 Å². The van der Waals surface area contributed by atoms with Crippen LogP contribution in [0.1, 0.15) is 5.56 Å². The van der Waals surface area contributed by atoms with E-state index in [1.54, 1.807) is 30.3 Å². The van der Waals surface area contributed by atoms with Gasteiger partial charge >= 0.3 is 5.69 Å². The first-order chi connectivity index (χ1) is 16.8. The molecule has 0 radical (unpaired) electrons. The molecule has 0 aliphatic rings. The van der Waals surface area contributed by atoms with E-state index < -0.39 is 27.1 Å². The Labute approximate surface area is 203 Å². The fraction of sp³-hybridized carbons (Fsp3) is 0.0909. The number of methoxy groups -OCH3 is 1. The number of amides is 1. The molecule has 0 saturated carbocycles. The molecule has 35 heavy (non-hydrogen) atoms. The van der Waals surface area contributed by atoms with Crippen LogP contribution in [-0.2, 0) is 4.79 Å². The lowest BCUT2D eigenvalue weighted by atomic mass is 10.2. The Kier molecular flexibility index (Phi) is 8.14. The van der Waals surface area contributed by atoms with Crippen LogP contribution in [0.2, 0.25) is 5.02 Å². The molecule has 0 fully saturated rings. The number of hydrogen-bond donors (Lipinski definition) is 1. The molecule has 180 valence electrons. The lowest BCUT2D eigenvalue weighted by Gasteiger charge is -2.11. The van der Waals surface area contributed by atoms with Gasteiger partial charge in [0.2, 0.25) is 5.75 Å². The standard InChI is InChI=1S/C22H17ClN4O8/c1-33-21-10-14(12-24-25-22(28)13-34-17-6-3-15(23)4-7-17)2-8-20(21)35-19-9-5-16(26(29)30)11-18(19)27(31)32/h2-12H,13H2,1H3,(H,25,28)/b24-12-. The van der Waals surface area contributed by atoms with Crippen molar-refractivity contribution in [1.82, 2.24) is 5.43 Å². The Morgan fingerprint density at radius 2 is 1.71 bits per heavy atom. The molecule has 12 nitrogen and oxygen atoms in total. The first kappa shape index (κ1) is 24.9. The van der Waals surface area contributed by atoms with Crippen molar-refractivity contribution in [1.29, 1.82) is 0 Å². The minimum atomic E-state index is -0.783. The minimum absolute atomic E-state index is 0.127. The van der Waals surface area contributed by atoms with Crippen LogP contribution >= 0.6 is 11.6 Å². The van der Waals surface area contributed by atoms with Crippen molar-refractivity contribution in [3.8, 4) is 23.0 Å². The van der Waals surface area contributed by atoms with Crippen molar-refractivity contribution in [2.24, 2.45) is 5.10 Å². The van der Waals surface area contributed by atoms with Crippen molar-refractivity contribution in [3.05, 3.63) is 91.5 Å². The number of halogens is 1. The lowest BCUT2D eigenvalue weighted by Crippen LogP contribution is -2.24. The quantitative estimate of drug-likeness (QED) is 0.242. The van der Waals surface area contributed by atoms with Crippen LogP contribution in [0.15, 0.2) is 65.8 Å². The van der Waals surface area contributed by atoms with Crippen LogP contribution in [-0.4, -0.2) is 35.7 Å². The number of carbonyl (C=O) groups excluding carboxylic acids is 1. The number of nitrogens with zero attached hydrogens (tertiary/aromatic N) is 3. The molecule has 13 heteroatoms. The average molecular weight is 501 g/mol. The monoisotopic (exact) mass is 500 g/mol. The molecule has 0 aliphatic carbocycles. The Morgan fingerprint density at radius 3 is 2.37 bits per heavy atom. The predicted molar refractivity (Wildman–Crippen MR) is 126 cm³/mol. The zero-order valence-electron chi connectivity index (χ0n) is 18.0. The van der Waals surface area contributed by atoms with E-state index in [0.717, 1.165) is 18.2 Å². The van der Waals surface area contributed by atoms with Crippen LogP contribution in [0.25, 0.3) is 0 Å². The van der Waals surface area contributed by atoms with Crippen LogP contribution in [0.5, 0.6) is 23.0 Å². The molecule has 0 atom stereocenters. The van der Waals surface area contributed by atoms with E-state index in [2.05, 4.69) is 10.5 Å². The molecular weight excluding hydrogens is 484 g/mol. The second kappa shape index (κ2) is 11.4. The molecule has 1 amide bonds. The Hall–Kier alpha value is -4.71. The fourth-order valence-electron chi connectivity index (χ4n) is 2.71. The minimum Gasteiger partial charge on any atom is -0.493 e. The maximum absolute atomic E-state index is 11.9. The van der Waals surface area contributed by atoms with E-state index in [0.29, 0.717) is 16.3 Å². The Morgan fingerprint density at radius 1 is 1.00 bits per heavy atom. The molecule has 0 aromatic heterocycles. The molecule has 3 aromatic rings. The van der Waals surface area contributed by atoms with Gasteiger partial charge in [-0.25, -0.2) is 5.43 Å². The van der Waals surface area contributed by atoms with E-state index >= 15 is 0 Å². The predicted octanol–water partition coefficient (Wildman–Crippen LogP) is 4.49. The number of nitrogens with one attached hydrogen (secondary N) is 1. The average Bonchev–Trinajstić information content (AvgIpc) is 2.84. The van der Waals surface area contributed by atoms with Gasteiger partial charge < -0.3 is 14.2 Å². The Balaban J connectivity index is 1.65. The van der Waals surface area contributed by atoms with E-state index in [1.165, 1.54) is 25.5 Å². The normalized spacial score (nSPS) is 10.6. The molecule has 0 heterocycles. The van der Waals surface area contributed by atoms with Gasteiger partial charge in [0.15, 0.2) is 18.1 Å². The van der Waals surface area contributed by atoms with Crippen molar-refractivity contribution < 1.29 is 28.9 Å². The van der Waals surface area contributed by atoms with Gasteiger partial charge in [-0.15, -0.1) is 0 Å². The van der Waals surface area contributed by atoms with Crippen LogP contribution in [0.3, 0.4) is 0 Å². The number of benzene rings is 3. The molecular formula is C22H17ClN4O8. The molecule has 0 spiro atoms. The fourth-order valence-corrected chi connectivity index (χ4v) is 2.83. The third-order valence-corrected chi connectivity index (χ3v) is 4.60. The summed E-state index contributed by atoms with van der Waals surface area (Å²) < 4.78 is 16.2. The van der Waals surface area contributed by atoms with Crippen LogP contribution < -0.4 is 19.6 Å². The number of nitro benzene ring substituents is 2. The van der Waals surface area contributed by atoms with Crippen LogP contribution in [0.4, 0.5) is 11.4 Å². The highest BCUT2D eigenvalue weighted by Crippen LogP contribution is 2.38. The highest BCUT2D eigenvalue weighted by atomic mass is 35.5. The summed E-state index contributed by atoms with van der Waals surface area (Å²) in [7, 11) is 1.36. The van der Waals surface area contributed by atoms with E-state index in [-0.39, 0.29) is 23.9 Å². The smallest absolute Gasteiger partial charge is 0.318 e. The van der Waals surface area contributed by atoms with Crippen molar-refractivity contribution in [2.75, 3.05) is 13.7 Å². The van der Waals surface area contributed by atoms with Gasteiger partial charge in [0, 0.05) is 11.1 Å². The van der Waals surface area contributed by atoms with E-state index in [1.807, 2.05) is 0 Å². The first-order valence-corrected chi connectivity index (χ1v) is 10.1. The summed E-state index contributed by atoms with van der Waals surface area (Å²) in [5.41, 5.74) is 1.82. The summed E-state index contributed by atoms with van der Waals surface area (Å²) >= 11 is 5.79. The summed E-state index contributed by atoms with van der Waals surface area (Å²) in [6.45, 7) is -0.261. The maximum Gasteiger partial charge on any atom is 0.318 e. The van der Waals surface area contributed by atoms with Gasteiger partial charge in [-0.2, -0.15) is 5.10 Å². The second-order valence-corrected chi connectivity index (χ2v) is 7.15. The first-order valence-electron chi connectivity index (χ1n) is 9.76. The SMILES string of the molecule is COc1cc(/C=N\NC(=O)COc2ccc(Cl)cc2)ccc1Oc1ccc([N+](=O)[O-])cc1[N+](=O)[O-]. The third-order valence-electron chi connectivity index (χ3n) is 4.34. The topological polar surface area (TPSA) is 155 Å². The zero-order valence-corrected chi connectivity index (χ0v) is 18.8. The number of rotatable bonds is 10. The molecule has 1 N–H and O–H groups in total.